The van der Waals surface area contributed by atoms with Crippen LogP contribution in [0.4, 0.5) is 0 Å². The average Bonchev–Trinajstić information content (AvgIpc) is 3.43. The molecule has 4 fully saturated rings. The molecule has 35 heavy (non-hydrogen) atoms. The zero-order chi connectivity index (χ0) is 26.0. The van der Waals surface area contributed by atoms with Crippen molar-refractivity contribution >= 4 is 21.9 Å². The Labute approximate surface area is 207 Å². The van der Waals surface area contributed by atoms with Crippen molar-refractivity contribution in [2.45, 2.75) is 102 Å². The molecular formula is C24H39NO9S. The molecule has 10 nitrogen and oxygen atoms in total. The molecule has 2 bridgehead atoms. The number of aliphatic hydroxyl groups is 3. The van der Waals surface area contributed by atoms with Gasteiger partial charge in [0.1, 0.15) is 12.2 Å². The maximum absolute atomic E-state index is 13.5. The van der Waals surface area contributed by atoms with Gasteiger partial charge in [-0.25, -0.2) is 12.7 Å². The molecule has 0 radical (unpaired) electrons. The number of ether oxygens (including phenoxy) is 2. The van der Waals surface area contributed by atoms with Crippen LogP contribution >= 0.6 is 0 Å². The van der Waals surface area contributed by atoms with Crippen molar-refractivity contribution in [2.24, 2.45) is 16.7 Å². The third kappa shape index (κ3) is 4.11. The van der Waals surface area contributed by atoms with Crippen LogP contribution in [0.1, 0.15) is 72.6 Å². The van der Waals surface area contributed by atoms with Gasteiger partial charge in [0.2, 0.25) is 10.0 Å². The first-order chi connectivity index (χ1) is 16.1. The van der Waals surface area contributed by atoms with E-state index in [-0.39, 0.29) is 43.6 Å². The van der Waals surface area contributed by atoms with Crippen LogP contribution in [-0.4, -0.2) is 88.3 Å². The molecule has 11 heteroatoms. The molecular weight excluding hydrogens is 478 g/mol. The number of rotatable bonds is 8. The molecule has 0 aromatic heterocycles. The van der Waals surface area contributed by atoms with Crippen LogP contribution < -0.4 is 0 Å². The molecule has 1 spiro atoms. The van der Waals surface area contributed by atoms with E-state index < -0.39 is 56.8 Å². The summed E-state index contributed by atoms with van der Waals surface area (Å²) >= 11 is 0. The van der Waals surface area contributed by atoms with Crippen LogP contribution in [0.15, 0.2) is 0 Å². The molecule has 7 atom stereocenters. The highest BCUT2D eigenvalue weighted by Crippen LogP contribution is 2.70. The lowest BCUT2D eigenvalue weighted by Crippen LogP contribution is -2.55. The van der Waals surface area contributed by atoms with Gasteiger partial charge in [0.15, 0.2) is 6.10 Å². The Hall–Kier alpha value is -1.27. The summed E-state index contributed by atoms with van der Waals surface area (Å²) < 4.78 is 38.2. The lowest BCUT2D eigenvalue weighted by molar-refractivity contribution is -0.176. The molecule has 2 heterocycles. The van der Waals surface area contributed by atoms with Crippen molar-refractivity contribution in [2.75, 3.05) is 19.0 Å². The van der Waals surface area contributed by atoms with E-state index in [1.54, 1.807) is 6.92 Å². The molecule has 2 aliphatic heterocycles. The normalized spacial score (nSPS) is 39.3. The third-order valence-electron chi connectivity index (χ3n) is 9.64. The Morgan fingerprint density at radius 3 is 2.54 bits per heavy atom. The fourth-order valence-electron chi connectivity index (χ4n) is 7.21. The van der Waals surface area contributed by atoms with Gasteiger partial charge < -0.3 is 24.8 Å². The topological polar surface area (TPSA) is 151 Å². The summed E-state index contributed by atoms with van der Waals surface area (Å²) in [6, 6.07) is -0.447. The minimum absolute atomic E-state index is 0.0314. The highest BCUT2D eigenvalue weighted by Gasteiger charge is 2.73. The van der Waals surface area contributed by atoms with Crippen molar-refractivity contribution in [3.63, 3.8) is 0 Å². The first kappa shape index (κ1) is 26.8. The smallest absolute Gasteiger partial charge is 0.305 e. The van der Waals surface area contributed by atoms with Crippen molar-refractivity contribution in [3.8, 4) is 0 Å². The van der Waals surface area contributed by atoms with Crippen LogP contribution in [0.3, 0.4) is 0 Å². The minimum atomic E-state index is -3.88. The fraction of sp³-hybridized carbons (Fsp3) is 0.917. The van der Waals surface area contributed by atoms with E-state index in [1.165, 1.54) is 6.92 Å². The summed E-state index contributed by atoms with van der Waals surface area (Å²) in [5.74, 6) is -1.14. The molecule has 4 aliphatic rings. The molecule has 200 valence electrons. The van der Waals surface area contributed by atoms with Crippen LogP contribution in [0.5, 0.6) is 0 Å². The molecule has 3 N–H and O–H groups in total. The SMILES string of the molecule is CC1(C)[C@H]2CC[C@@]13CS(=O)(=O)N(C(=O)[C@@H](O)[C@]1(C)CC[C@H]([C@@](C)(O)CCC(=O)OCCO)O1)[C@H]3C2. The van der Waals surface area contributed by atoms with E-state index in [9.17, 15) is 28.2 Å². The Morgan fingerprint density at radius 1 is 1.23 bits per heavy atom. The molecule has 2 aliphatic carbocycles. The zero-order valence-corrected chi connectivity index (χ0v) is 21.8. The second-order valence-corrected chi connectivity index (χ2v) is 13.8. The van der Waals surface area contributed by atoms with Crippen LogP contribution in [0, 0.1) is 16.7 Å². The summed E-state index contributed by atoms with van der Waals surface area (Å²) in [4.78, 5) is 25.3. The van der Waals surface area contributed by atoms with Gasteiger partial charge in [-0.05, 0) is 63.7 Å². The first-order valence-electron chi connectivity index (χ1n) is 12.5. The molecule has 0 aromatic rings. The highest BCUT2D eigenvalue weighted by molar-refractivity contribution is 7.90. The number of hydrogen-bond acceptors (Lipinski definition) is 9. The molecule has 0 aromatic carbocycles. The second kappa shape index (κ2) is 8.65. The number of nitrogens with zero attached hydrogens (tertiary/aromatic N) is 1. The summed E-state index contributed by atoms with van der Waals surface area (Å²) in [6.45, 7) is 6.86. The molecule has 0 unspecified atom stereocenters. The number of carbonyl (C=O) groups is 2. The van der Waals surface area contributed by atoms with E-state index in [0.717, 1.165) is 17.1 Å². The monoisotopic (exact) mass is 517 g/mol. The number of esters is 1. The number of aliphatic hydroxyl groups excluding tert-OH is 2. The average molecular weight is 518 g/mol. The maximum atomic E-state index is 13.5. The predicted molar refractivity (Wildman–Crippen MR) is 124 cm³/mol. The Balaban J connectivity index is 1.46. The standard InChI is InChI=1S/C24H39NO9S/c1-21(2)15-5-10-24(21)14-35(31,32)25(16(24)13-15)20(29)19(28)23(4)9-6-17(34-23)22(3,30)8-7-18(27)33-12-11-26/h15-17,19,26,28,30H,5-14H2,1-4H3/t15-,16-,17+,19+,22-,23-,24-/m0/s1. The highest BCUT2D eigenvalue weighted by atomic mass is 32.2. The molecule has 2 saturated heterocycles. The van der Waals surface area contributed by atoms with Gasteiger partial charge in [0, 0.05) is 11.8 Å². The molecule has 1 amide bonds. The lowest BCUT2D eigenvalue weighted by atomic mass is 9.69. The first-order valence-corrected chi connectivity index (χ1v) is 14.1. The van der Waals surface area contributed by atoms with Gasteiger partial charge in [0.05, 0.1) is 30.1 Å². The van der Waals surface area contributed by atoms with Crippen molar-refractivity contribution < 1.29 is 42.8 Å². The quantitative estimate of drug-likeness (QED) is 0.396. The summed E-state index contributed by atoms with van der Waals surface area (Å²) in [6.07, 6.45) is 0.381. The number of amides is 1. The minimum Gasteiger partial charge on any atom is -0.463 e. The Bertz CT molecular complexity index is 979. The molecule has 4 rings (SSSR count). The van der Waals surface area contributed by atoms with E-state index in [1.807, 2.05) is 0 Å². The Kier molecular flexibility index (Phi) is 6.62. The predicted octanol–water partition coefficient (Wildman–Crippen LogP) is 0.719. The van der Waals surface area contributed by atoms with E-state index >= 15 is 0 Å². The fourth-order valence-corrected chi connectivity index (χ4v) is 9.76. The summed E-state index contributed by atoms with van der Waals surface area (Å²) in [7, 11) is -3.88. The number of carbonyl (C=O) groups excluding carboxylic acids is 2. The van der Waals surface area contributed by atoms with Crippen molar-refractivity contribution in [1.29, 1.82) is 0 Å². The van der Waals surface area contributed by atoms with Gasteiger partial charge in [-0.3, -0.25) is 9.59 Å². The summed E-state index contributed by atoms with van der Waals surface area (Å²) in [5, 5.41) is 30.8. The van der Waals surface area contributed by atoms with E-state index in [4.69, 9.17) is 14.6 Å². The summed E-state index contributed by atoms with van der Waals surface area (Å²) in [5.41, 5.74) is -3.49. The molecule has 2 saturated carbocycles. The van der Waals surface area contributed by atoms with E-state index in [2.05, 4.69) is 13.8 Å². The van der Waals surface area contributed by atoms with Crippen molar-refractivity contribution in [1.82, 2.24) is 4.31 Å². The largest absolute Gasteiger partial charge is 0.463 e. The van der Waals surface area contributed by atoms with E-state index in [0.29, 0.717) is 18.8 Å². The van der Waals surface area contributed by atoms with Gasteiger partial charge >= 0.3 is 5.97 Å². The lowest BCUT2D eigenvalue weighted by Gasteiger charge is -2.38. The number of hydrogen-bond donors (Lipinski definition) is 3. The number of sulfonamides is 1. The Morgan fingerprint density at radius 2 is 1.91 bits per heavy atom. The van der Waals surface area contributed by atoms with Crippen LogP contribution in [-0.2, 0) is 29.1 Å². The zero-order valence-electron chi connectivity index (χ0n) is 21.0. The maximum Gasteiger partial charge on any atom is 0.305 e. The second-order valence-electron chi connectivity index (χ2n) is 11.9. The van der Waals surface area contributed by atoms with Crippen molar-refractivity contribution in [3.05, 3.63) is 0 Å². The van der Waals surface area contributed by atoms with Gasteiger partial charge in [-0.2, -0.15) is 0 Å². The van der Waals surface area contributed by atoms with Gasteiger partial charge in [0.25, 0.3) is 5.91 Å². The van der Waals surface area contributed by atoms with Gasteiger partial charge in [-0.15, -0.1) is 0 Å². The van der Waals surface area contributed by atoms with Crippen LogP contribution in [0.25, 0.3) is 0 Å². The van der Waals surface area contributed by atoms with Gasteiger partial charge in [-0.1, -0.05) is 13.8 Å². The number of fused-ring (bicyclic) bond motifs is 1. The third-order valence-corrected chi connectivity index (χ3v) is 11.6. The van der Waals surface area contributed by atoms with Crippen LogP contribution in [0.2, 0.25) is 0 Å².